The Kier molecular flexibility index (Phi) is 10.6. The third kappa shape index (κ3) is 7.49. The molecule has 2 heterocycles. The second-order valence-corrected chi connectivity index (χ2v) is 18.8. The molecule has 0 saturated heterocycles. The van der Waals surface area contributed by atoms with Crippen LogP contribution < -0.4 is 20.4 Å². The van der Waals surface area contributed by atoms with Gasteiger partial charge in [-0.2, -0.15) is 5.10 Å². The van der Waals surface area contributed by atoms with Gasteiger partial charge in [0.05, 0.1) is 30.8 Å². The number of amides is 2. The van der Waals surface area contributed by atoms with Crippen LogP contribution in [0.1, 0.15) is 52.0 Å². The predicted molar refractivity (Wildman–Crippen MR) is 201 cm³/mol. The normalized spacial score (nSPS) is 15.6. The largest absolute Gasteiger partial charge is 0.497 e. The summed E-state index contributed by atoms with van der Waals surface area (Å²) in [5.74, 6) is -2.86. The zero-order valence-electron chi connectivity index (χ0n) is 30.0. The maximum Gasteiger partial charge on any atom is 0.261 e. The van der Waals surface area contributed by atoms with Gasteiger partial charge in [0.15, 0.2) is 0 Å². The van der Waals surface area contributed by atoms with Gasteiger partial charge in [-0.3, -0.25) is 14.7 Å². The fraction of sp³-hybridized carbons (Fsp3) is 0.350. The van der Waals surface area contributed by atoms with Gasteiger partial charge in [0, 0.05) is 19.4 Å². The Morgan fingerprint density at radius 2 is 1.50 bits per heavy atom. The molecule has 0 bridgehead atoms. The number of H-pyrrole nitrogens is 1. The highest BCUT2D eigenvalue weighted by molar-refractivity contribution is 6.99. The van der Waals surface area contributed by atoms with E-state index in [1.54, 1.807) is 49.7 Å². The van der Waals surface area contributed by atoms with E-state index in [1.165, 1.54) is 4.90 Å². The van der Waals surface area contributed by atoms with E-state index in [2.05, 4.69) is 65.5 Å². The lowest BCUT2D eigenvalue weighted by molar-refractivity contribution is -0.145. The Hall–Kier alpha value is -4.94. The van der Waals surface area contributed by atoms with Crippen molar-refractivity contribution in [1.29, 1.82) is 0 Å². The lowest BCUT2D eigenvalue weighted by atomic mass is 9.67. The summed E-state index contributed by atoms with van der Waals surface area (Å²) in [7, 11) is -1.45. The molecule has 0 spiro atoms. The van der Waals surface area contributed by atoms with Gasteiger partial charge in [-0.15, -0.1) is 0 Å². The van der Waals surface area contributed by atoms with Crippen LogP contribution in [0.25, 0.3) is 11.0 Å². The van der Waals surface area contributed by atoms with E-state index in [0.29, 0.717) is 28.2 Å². The third-order valence-corrected chi connectivity index (χ3v) is 15.2. The number of nitrogens with one attached hydrogen (secondary N) is 2. The number of hydrogen-bond donors (Lipinski definition) is 2. The van der Waals surface area contributed by atoms with Gasteiger partial charge in [-0.05, 0) is 58.1 Å². The van der Waals surface area contributed by atoms with Crippen LogP contribution in [0, 0.1) is 0 Å². The van der Waals surface area contributed by atoms with Crippen LogP contribution in [-0.2, 0) is 19.4 Å². The van der Waals surface area contributed by atoms with E-state index in [-0.39, 0.29) is 37.6 Å². The molecule has 0 unspecified atom stereocenters. The Bertz CT molecular complexity index is 1930. The van der Waals surface area contributed by atoms with Gasteiger partial charge in [0.25, 0.3) is 8.32 Å². The second-order valence-electron chi connectivity index (χ2n) is 14.5. The van der Waals surface area contributed by atoms with Crippen molar-refractivity contribution < 1.29 is 27.5 Å². The number of aromatic nitrogens is 3. The number of rotatable bonds is 12. The van der Waals surface area contributed by atoms with Crippen molar-refractivity contribution in [3.63, 3.8) is 0 Å². The standard InChI is InChI=1S/C40H45F2N5O4Si/c1-38(2,3)52(31-11-7-5-8-12-31,32-13-9-6-10-14-32)51-26-25-47(28-36(48)45-35-20-19-33-34(44-35)27-43-46-33)37(49)39(21-23-40(41,42)24-22-39)29-15-17-30(50-4)18-16-29/h5-20,27H,21-26,28H2,1-4H3,(H,43,46)(H,44,45,48). The molecular formula is C40H45F2N5O4Si. The number of nitrogens with zero attached hydrogens (tertiary/aromatic N) is 3. The van der Waals surface area contributed by atoms with E-state index in [4.69, 9.17) is 9.16 Å². The molecule has 2 aromatic heterocycles. The molecule has 6 rings (SSSR count). The third-order valence-electron chi connectivity index (χ3n) is 10.2. The highest BCUT2D eigenvalue weighted by Crippen LogP contribution is 2.47. The molecule has 2 amide bonds. The summed E-state index contributed by atoms with van der Waals surface area (Å²) >= 11 is 0. The van der Waals surface area contributed by atoms with Gasteiger partial charge in [-0.1, -0.05) is 93.6 Å². The smallest absolute Gasteiger partial charge is 0.261 e. The van der Waals surface area contributed by atoms with Crippen LogP contribution in [0.2, 0.25) is 5.04 Å². The van der Waals surface area contributed by atoms with Crippen molar-refractivity contribution in [2.75, 3.05) is 32.1 Å². The number of carbonyl (C=O) groups excluding carboxylic acids is 2. The molecule has 5 aromatic rings. The van der Waals surface area contributed by atoms with Crippen molar-refractivity contribution in [2.24, 2.45) is 0 Å². The number of anilines is 1. The van der Waals surface area contributed by atoms with Crippen LogP contribution >= 0.6 is 0 Å². The average Bonchev–Trinajstić information content (AvgIpc) is 3.61. The first-order valence-corrected chi connectivity index (χ1v) is 19.4. The van der Waals surface area contributed by atoms with Crippen molar-refractivity contribution in [1.82, 2.24) is 20.1 Å². The van der Waals surface area contributed by atoms with Crippen molar-refractivity contribution in [3.05, 3.63) is 109 Å². The first-order valence-electron chi connectivity index (χ1n) is 17.5. The van der Waals surface area contributed by atoms with E-state index < -0.39 is 44.3 Å². The zero-order valence-corrected chi connectivity index (χ0v) is 31.0. The summed E-state index contributed by atoms with van der Waals surface area (Å²) in [5.41, 5.74) is 0.621. The molecule has 0 radical (unpaired) electrons. The van der Waals surface area contributed by atoms with Crippen molar-refractivity contribution in [3.8, 4) is 5.75 Å². The maximum absolute atomic E-state index is 15.0. The molecule has 272 valence electrons. The lowest BCUT2D eigenvalue weighted by Gasteiger charge is -2.44. The fourth-order valence-corrected chi connectivity index (χ4v) is 12.0. The molecule has 1 fully saturated rings. The number of benzene rings is 3. The highest BCUT2D eigenvalue weighted by Gasteiger charge is 2.52. The summed E-state index contributed by atoms with van der Waals surface area (Å²) in [4.78, 5) is 34.7. The molecule has 9 nitrogen and oxygen atoms in total. The number of halogens is 2. The topological polar surface area (TPSA) is 109 Å². The molecule has 12 heteroatoms. The molecule has 1 aliphatic rings. The summed E-state index contributed by atoms with van der Waals surface area (Å²) in [6.45, 7) is 6.34. The van der Waals surface area contributed by atoms with E-state index in [1.807, 2.05) is 36.4 Å². The van der Waals surface area contributed by atoms with Gasteiger partial charge in [0.1, 0.15) is 23.6 Å². The first-order chi connectivity index (χ1) is 24.9. The minimum Gasteiger partial charge on any atom is -0.497 e. The minimum atomic E-state index is -2.99. The SMILES string of the molecule is COc1ccc(C2(C(=O)N(CCO[Si](c3ccccc3)(c3ccccc3)C(C)(C)C)CC(=O)Nc3ccc4[nH]ncc4n3)CCC(F)(F)CC2)cc1. The van der Waals surface area contributed by atoms with Crippen molar-refractivity contribution in [2.45, 2.75) is 62.8 Å². The van der Waals surface area contributed by atoms with Gasteiger partial charge in [-0.25, -0.2) is 13.8 Å². The lowest BCUT2D eigenvalue weighted by Crippen LogP contribution is -2.67. The van der Waals surface area contributed by atoms with Crippen LogP contribution in [0.15, 0.2) is 103 Å². The summed E-state index contributed by atoms with van der Waals surface area (Å²) in [6, 6.07) is 30.7. The second kappa shape index (κ2) is 15.0. The number of alkyl halides is 2. The molecule has 1 aliphatic carbocycles. The minimum absolute atomic E-state index is 0.0548. The Morgan fingerprint density at radius 3 is 2.08 bits per heavy atom. The summed E-state index contributed by atoms with van der Waals surface area (Å²) < 4.78 is 41.9. The molecule has 52 heavy (non-hydrogen) atoms. The molecule has 2 N–H and O–H groups in total. The summed E-state index contributed by atoms with van der Waals surface area (Å²) in [6.07, 6.45) is 0.519. The maximum atomic E-state index is 15.0. The number of fused-ring (bicyclic) bond motifs is 1. The molecular weight excluding hydrogens is 681 g/mol. The van der Waals surface area contributed by atoms with Gasteiger partial charge in [0.2, 0.25) is 17.7 Å². The van der Waals surface area contributed by atoms with Crippen LogP contribution in [0.5, 0.6) is 5.75 Å². The van der Waals surface area contributed by atoms with E-state index in [9.17, 15) is 13.6 Å². The molecule has 3 aromatic carbocycles. The molecule has 0 aliphatic heterocycles. The first kappa shape index (κ1) is 36.8. The van der Waals surface area contributed by atoms with E-state index >= 15 is 4.79 Å². The number of hydrogen-bond acceptors (Lipinski definition) is 6. The molecule has 0 atom stereocenters. The van der Waals surface area contributed by atoms with Gasteiger partial charge < -0.3 is 19.4 Å². The van der Waals surface area contributed by atoms with Crippen molar-refractivity contribution >= 4 is 47.4 Å². The monoisotopic (exact) mass is 725 g/mol. The predicted octanol–water partition coefficient (Wildman–Crippen LogP) is 6.46. The van der Waals surface area contributed by atoms with Crippen LogP contribution in [-0.4, -0.2) is 72.9 Å². The quantitative estimate of drug-likeness (QED) is 0.143. The van der Waals surface area contributed by atoms with Crippen LogP contribution in [0.3, 0.4) is 0 Å². The Labute approximate surface area is 303 Å². The number of carbonyl (C=O) groups is 2. The summed E-state index contributed by atoms with van der Waals surface area (Å²) in [5, 5.41) is 11.5. The number of aromatic amines is 1. The number of methoxy groups -OCH3 is 1. The highest BCUT2D eigenvalue weighted by atomic mass is 28.4. The van der Waals surface area contributed by atoms with E-state index in [0.717, 1.165) is 10.4 Å². The average molecular weight is 726 g/mol. The Morgan fingerprint density at radius 1 is 0.885 bits per heavy atom. The fourth-order valence-electron chi connectivity index (χ4n) is 7.46. The number of ether oxygens (including phenoxy) is 1. The number of pyridine rings is 1. The van der Waals surface area contributed by atoms with Gasteiger partial charge >= 0.3 is 0 Å². The molecule has 1 saturated carbocycles. The van der Waals surface area contributed by atoms with Crippen LogP contribution in [0.4, 0.5) is 14.6 Å². The Balaban J connectivity index is 1.35. The zero-order chi connectivity index (χ0) is 37.0.